The van der Waals surface area contributed by atoms with Crippen molar-refractivity contribution < 1.29 is 13.2 Å². The first-order valence-electron chi connectivity index (χ1n) is 8.26. The van der Waals surface area contributed by atoms with Crippen LogP contribution in [0.25, 0.3) is 0 Å². The zero-order chi connectivity index (χ0) is 16.4. The van der Waals surface area contributed by atoms with Gasteiger partial charge in [-0.25, -0.2) is 12.7 Å². The molecule has 126 valence electrons. The van der Waals surface area contributed by atoms with Gasteiger partial charge in [0.05, 0.1) is 6.26 Å². The van der Waals surface area contributed by atoms with Crippen LogP contribution in [0.15, 0.2) is 24.3 Å². The van der Waals surface area contributed by atoms with E-state index in [9.17, 15) is 13.2 Å². The molecule has 23 heavy (non-hydrogen) atoms. The van der Waals surface area contributed by atoms with Gasteiger partial charge in [0.25, 0.3) is 0 Å². The summed E-state index contributed by atoms with van der Waals surface area (Å²) in [5.41, 5.74) is 2.68. The van der Waals surface area contributed by atoms with Crippen molar-refractivity contribution in [3.63, 3.8) is 0 Å². The Hall–Kier alpha value is -1.40. The lowest BCUT2D eigenvalue weighted by molar-refractivity contribution is -0.131. The van der Waals surface area contributed by atoms with Crippen LogP contribution in [0, 0.1) is 0 Å². The number of aryl methyl sites for hydroxylation is 1. The van der Waals surface area contributed by atoms with E-state index in [1.807, 2.05) is 11.0 Å². The monoisotopic (exact) mass is 336 g/mol. The molecular weight excluding hydrogens is 312 g/mol. The van der Waals surface area contributed by atoms with Gasteiger partial charge >= 0.3 is 0 Å². The van der Waals surface area contributed by atoms with Crippen molar-refractivity contribution >= 4 is 15.9 Å². The van der Waals surface area contributed by atoms with E-state index in [0.29, 0.717) is 44.9 Å². The van der Waals surface area contributed by atoms with E-state index in [-0.39, 0.29) is 5.91 Å². The molecule has 1 aromatic rings. The summed E-state index contributed by atoms with van der Waals surface area (Å²) >= 11 is 0. The topological polar surface area (TPSA) is 57.7 Å². The normalized spacial score (nSPS) is 22.7. The van der Waals surface area contributed by atoms with Gasteiger partial charge < -0.3 is 4.90 Å². The Balaban J connectivity index is 1.61. The second-order valence-electron chi connectivity index (χ2n) is 6.53. The van der Waals surface area contributed by atoms with Crippen molar-refractivity contribution in [1.29, 1.82) is 0 Å². The van der Waals surface area contributed by atoms with Gasteiger partial charge in [0.2, 0.25) is 15.9 Å². The molecule has 0 saturated carbocycles. The maximum Gasteiger partial charge on any atom is 0.223 e. The number of nitrogens with zero attached hydrogens (tertiary/aromatic N) is 2. The molecule has 0 aromatic heterocycles. The van der Waals surface area contributed by atoms with Crippen LogP contribution in [0.1, 0.15) is 36.3 Å². The van der Waals surface area contributed by atoms with Crippen LogP contribution in [0.2, 0.25) is 0 Å². The Kier molecular flexibility index (Phi) is 4.73. The third kappa shape index (κ3) is 3.75. The van der Waals surface area contributed by atoms with E-state index in [0.717, 1.165) is 12.8 Å². The van der Waals surface area contributed by atoms with Gasteiger partial charge in [0, 0.05) is 32.6 Å². The minimum atomic E-state index is -3.17. The summed E-state index contributed by atoms with van der Waals surface area (Å²) in [7, 11) is -3.17. The number of sulfonamides is 1. The first-order chi connectivity index (χ1) is 10.9. The number of carbonyl (C=O) groups is 1. The minimum Gasteiger partial charge on any atom is -0.341 e. The van der Waals surface area contributed by atoms with E-state index in [2.05, 4.69) is 18.2 Å². The SMILES string of the molecule is CS(=O)(=O)N1CCCN(C(=O)CC2CCc3ccccc32)CC1. The van der Waals surface area contributed by atoms with Crippen LogP contribution in [0.4, 0.5) is 0 Å². The van der Waals surface area contributed by atoms with Crippen molar-refractivity contribution in [3.8, 4) is 0 Å². The molecule has 1 amide bonds. The molecule has 3 rings (SSSR count). The molecule has 5 nitrogen and oxygen atoms in total. The summed E-state index contributed by atoms with van der Waals surface area (Å²) in [6.07, 6.45) is 4.57. The number of carbonyl (C=O) groups excluding carboxylic acids is 1. The predicted molar refractivity (Wildman–Crippen MR) is 89.7 cm³/mol. The molecule has 0 N–H and O–H groups in total. The van der Waals surface area contributed by atoms with E-state index < -0.39 is 10.0 Å². The minimum absolute atomic E-state index is 0.155. The molecule has 1 aromatic carbocycles. The van der Waals surface area contributed by atoms with E-state index in [4.69, 9.17) is 0 Å². The van der Waals surface area contributed by atoms with Gasteiger partial charge in [0.15, 0.2) is 0 Å². The van der Waals surface area contributed by atoms with Gasteiger partial charge in [-0.15, -0.1) is 0 Å². The molecule has 1 saturated heterocycles. The largest absolute Gasteiger partial charge is 0.341 e. The van der Waals surface area contributed by atoms with Crippen molar-refractivity contribution in [3.05, 3.63) is 35.4 Å². The summed E-state index contributed by atoms with van der Waals surface area (Å²) in [5, 5.41) is 0. The van der Waals surface area contributed by atoms with E-state index >= 15 is 0 Å². The predicted octanol–water partition coefficient (Wildman–Crippen LogP) is 1.60. The van der Waals surface area contributed by atoms with Crippen LogP contribution >= 0.6 is 0 Å². The molecule has 0 spiro atoms. The van der Waals surface area contributed by atoms with Gasteiger partial charge in [-0.05, 0) is 36.3 Å². The number of amides is 1. The average Bonchev–Trinajstić information content (AvgIpc) is 2.74. The van der Waals surface area contributed by atoms with Gasteiger partial charge in [-0.3, -0.25) is 4.79 Å². The van der Waals surface area contributed by atoms with Gasteiger partial charge in [0.1, 0.15) is 0 Å². The smallest absolute Gasteiger partial charge is 0.223 e. The van der Waals surface area contributed by atoms with Crippen LogP contribution in [0.5, 0.6) is 0 Å². The lowest BCUT2D eigenvalue weighted by atomic mass is 9.97. The number of hydrogen-bond donors (Lipinski definition) is 0. The highest BCUT2D eigenvalue weighted by Gasteiger charge is 2.28. The number of rotatable bonds is 3. The lowest BCUT2D eigenvalue weighted by Crippen LogP contribution is -2.37. The Labute approximate surface area is 138 Å². The Morgan fingerprint density at radius 3 is 2.74 bits per heavy atom. The molecule has 1 atom stereocenters. The molecule has 1 aliphatic carbocycles. The summed E-state index contributed by atoms with van der Waals surface area (Å²) in [6, 6.07) is 8.37. The zero-order valence-electron chi connectivity index (χ0n) is 13.6. The molecular formula is C17H24N2O3S. The highest BCUT2D eigenvalue weighted by atomic mass is 32.2. The number of benzene rings is 1. The Bertz CT molecular complexity index is 687. The molecule has 0 radical (unpaired) electrons. The molecule has 1 fully saturated rings. The van der Waals surface area contributed by atoms with Crippen LogP contribution in [-0.2, 0) is 21.2 Å². The van der Waals surface area contributed by atoms with Crippen LogP contribution in [0.3, 0.4) is 0 Å². The second-order valence-corrected chi connectivity index (χ2v) is 8.52. The fraction of sp³-hybridized carbons (Fsp3) is 0.588. The number of hydrogen-bond acceptors (Lipinski definition) is 3. The summed E-state index contributed by atoms with van der Waals surface area (Å²) in [4.78, 5) is 14.5. The highest BCUT2D eigenvalue weighted by Crippen LogP contribution is 2.35. The molecule has 1 heterocycles. The first kappa shape index (κ1) is 16.5. The third-order valence-corrected chi connectivity index (χ3v) is 6.26. The molecule has 1 aliphatic heterocycles. The Morgan fingerprint density at radius 1 is 1.17 bits per heavy atom. The van der Waals surface area contributed by atoms with Crippen molar-refractivity contribution in [2.24, 2.45) is 0 Å². The quantitative estimate of drug-likeness (QED) is 0.842. The van der Waals surface area contributed by atoms with Gasteiger partial charge in [-0.1, -0.05) is 24.3 Å². The fourth-order valence-electron chi connectivity index (χ4n) is 3.67. The summed E-state index contributed by atoms with van der Waals surface area (Å²) < 4.78 is 24.8. The van der Waals surface area contributed by atoms with Crippen LogP contribution < -0.4 is 0 Å². The maximum atomic E-state index is 12.6. The summed E-state index contributed by atoms with van der Waals surface area (Å²) in [5.74, 6) is 0.468. The lowest BCUT2D eigenvalue weighted by Gasteiger charge is -2.23. The van der Waals surface area contributed by atoms with Crippen LogP contribution in [-0.4, -0.2) is 56.0 Å². The van der Waals surface area contributed by atoms with Crippen molar-refractivity contribution in [2.75, 3.05) is 32.4 Å². The fourth-order valence-corrected chi connectivity index (χ4v) is 4.55. The van der Waals surface area contributed by atoms with E-state index in [1.165, 1.54) is 21.7 Å². The molecule has 6 heteroatoms. The highest BCUT2D eigenvalue weighted by molar-refractivity contribution is 7.88. The molecule has 1 unspecified atom stereocenters. The standard InChI is InChI=1S/C17H24N2O3S/c1-23(21,22)19-10-4-9-18(11-12-19)17(20)13-15-8-7-14-5-2-3-6-16(14)15/h2-3,5-6,15H,4,7-13H2,1H3. The molecule has 0 bridgehead atoms. The second kappa shape index (κ2) is 6.61. The van der Waals surface area contributed by atoms with Gasteiger partial charge in [-0.2, -0.15) is 0 Å². The zero-order valence-corrected chi connectivity index (χ0v) is 14.4. The first-order valence-corrected chi connectivity index (χ1v) is 10.1. The summed E-state index contributed by atoms with van der Waals surface area (Å²) in [6.45, 7) is 2.07. The maximum absolute atomic E-state index is 12.6. The molecule has 2 aliphatic rings. The van der Waals surface area contributed by atoms with Crippen molar-refractivity contribution in [1.82, 2.24) is 9.21 Å². The Morgan fingerprint density at radius 2 is 1.96 bits per heavy atom. The average molecular weight is 336 g/mol. The third-order valence-electron chi connectivity index (χ3n) is 4.95. The van der Waals surface area contributed by atoms with E-state index in [1.54, 1.807) is 0 Å². The van der Waals surface area contributed by atoms with Crippen molar-refractivity contribution in [2.45, 2.75) is 31.6 Å². The number of fused-ring (bicyclic) bond motifs is 1.